The van der Waals surface area contributed by atoms with Crippen molar-refractivity contribution >= 4 is 0 Å². The van der Waals surface area contributed by atoms with Gasteiger partial charge in [-0.2, -0.15) is 13.2 Å². The largest absolute Gasteiger partial charge is 0.416 e. The van der Waals surface area contributed by atoms with E-state index in [1.807, 2.05) is 0 Å². The molecule has 4 nitrogen and oxygen atoms in total. The van der Waals surface area contributed by atoms with Crippen LogP contribution in [0.15, 0.2) is 30.5 Å². The summed E-state index contributed by atoms with van der Waals surface area (Å²) >= 11 is 0. The van der Waals surface area contributed by atoms with Gasteiger partial charge in [0, 0.05) is 12.2 Å². The van der Waals surface area contributed by atoms with Gasteiger partial charge < -0.3 is 4.74 Å². The number of aromatic nitrogens is 3. The van der Waals surface area contributed by atoms with Crippen molar-refractivity contribution in [2.75, 3.05) is 6.61 Å². The van der Waals surface area contributed by atoms with Crippen LogP contribution in [-0.4, -0.2) is 21.6 Å². The van der Waals surface area contributed by atoms with Crippen LogP contribution in [0.3, 0.4) is 0 Å². The number of hydrogen-bond acceptors (Lipinski definition) is 3. The summed E-state index contributed by atoms with van der Waals surface area (Å²) in [4.78, 5) is 0. The lowest BCUT2D eigenvalue weighted by Crippen LogP contribution is -2.18. The molecule has 0 bridgehead atoms. The molecule has 3 rings (SSSR count). The summed E-state index contributed by atoms with van der Waals surface area (Å²) in [5.41, 5.74) is 0.116. The van der Waals surface area contributed by atoms with Gasteiger partial charge in [0.25, 0.3) is 0 Å². The molecule has 2 heterocycles. The maximum absolute atomic E-state index is 12.7. The Morgan fingerprint density at radius 1 is 1.24 bits per heavy atom. The third-order valence-corrected chi connectivity index (χ3v) is 3.45. The molecule has 112 valence electrons. The van der Waals surface area contributed by atoms with E-state index in [0.717, 1.165) is 31.4 Å². The fourth-order valence-electron chi connectivity index (χ4n) is 2.34. The smallest absolute Gasteiger partial charge is 0.356 e. The predicted molar refractivity (Wildman–Crippen MR) is 69.3 cm³/mol. The molecule has 0 amide bonds. The Morgan fingerprint density at radius 3 is 2.81 bits per heavy atom. The van der Waals surface area contributed by atoms with E-state index in [1.54, 1.807) is 16.9 Å². The first-order valence-corrected chi connectivity index (χ1v) is 6.75. The van der Waals surface area contributed by atoms with Gasteiger partial charge in [-0.1, -0.05) is 17.3 Å². The topological polar surface area (TPSA) is 39.9 Å². The molecule has 0 saturated carbocycles. The highest BCUT2D eigenvalue weighted by molar-refractivity contribution is 5.58. The van der Waals surface area contributed by atoms with Crippen molar-refractivity contribution in [1.82, 2.24) is 15.0 Å². The van der Waals surface area contributed by atoms with Crippen molar-refractivity contribution in [3.05, 3.63) is 36.0 Å². The molecule has 1 aromatic carbocycles. The molecule has 1 saturated heterocycles. The zero-order valence-corrected chi connectivity index (χ0v) is 11.2. The van der Waals surface area contributed by atoms with Gasteiger partial charge in [0.15, 0.2) is 6.23 Å². The van der Waals surface area contributed by atoms with Gasteiger partial charge in [-0.15, -0.1) is 5.10 Å². The van der Waals surface area contributed by atoms with Gasteiger partial charge in [0.05, 0.1) is 11.8 Å². The molecule has 1 unspecified atom stereocenters. The lowest BCUT2D eigenvalue weighted by molar-refractivity contribution is -0.137. The second-order valence-electron chi connectivity index (χ2n) is 4.98. The molecule has 0 spiro atoms. The molecule has 1 atom stereocenters. The fraction of sp³-hybridized carbons (Fsp3) is 0.429. The normalized spacial score (nSPS) is 19.7. The molecule has 0 aliphatic carbocycles. The van der Waals surface area contributed by atoms with E-state index in [1.165, 1.54) is 6.07 Å². The van der Waals surface area contributed by atoms with Crippen LogP contribution in [0.2, 0.25) is 0 Å². The summed E-state index contributed by atoms with van der Waals surface area (Å²) in [6.45, 7) is 0.670. The molecular weight excluding hydrogens is 283 g/mol. The average molecular weight is 297 g/mol. The summed E-state index contributed by atoms with van der Waals surface area (Å²) < 4.78 is 45.3. The Labute approximate surface area is 119 Å². The molecule has 1 fully saturated rings. The van der Waals surface area contributed by atoms with Crippen LogP contribution in [-0.2, 0) is 10.9 Å². The highest BCUT2D eigenvalue weighted by Gasteiger charge is 2.30. The molecule has 2 aromatic rings. The molecular formula is C14H14F3N3O. The van der Waals surface area contributed by atoms with Crippen molar-refractivity contribution in [3.8, 4) is 11.3 Å². The third kappa shape index (κ3) is 3.07. The minimum Gasteiger partial charge on any atom is -0.356 e. The van der Waals surface area contributed by atoms with Crippen LogP contribution in [0, 0.1) is 0 Å². The maximum Gasteiger partial charge on any atom is 0.416 e. The second kappa shape index (κ2) is 5.48. The SMILES string of the molecule is FC(F)(F)c1cccc(-c2cn(C3CCCCO3)nn2)c1. The summed E-state index contributed by atoms with van der Waals surface area (Å²) in [7, 11) is 0. The van der Waals surface area contributed by atoms with E-state index in [0.29, 0.717) is 17.9 Å². The van der Waals surface area contributed by atoms with E-state index in [-0.39, 0.29) is 6.23 Å². The van der Waals surface area contributed by atoms with Crippen LogP contribution in [0.1, 0.15) is 31.1 Å². The Kier molecular flexibility index (Phi) is 3.67. The van der Waals surface area contributed by atoms with Gasteiger partial charge in [-0.3, -0.25) is 0 Å². The van der Waals surface area contributed by atoms with E-state index in [9.17, 15) is 13.2 Å². The summed E-state index contributed by atoms with van der Waals surface area (Å²) in [5, 5.41) is 7.92. The van der Waals surface area contributed by atoms with Crippen LogP contribution in [0.4, 0.5) is 13.2 Å². The van der Waals surface area contributed by atoms with Crippen LogP contribution in [0.5, 0.6) is 0 Å². The van der Waals surface area contributed by atoms with Crippen molar-refractivity contribution in [3.63, 3.8) is 0 Å². The summed E-state index contributed by atoms with van der Waals surface area (Å²) in [5.74, 6) is 0. The maximum atomic E-state index is 12.7. The van der Waals surface area contributed by atoms with Gasteiger partial charge in [0.1, 0.15) is 5.69 Å². The minimum absolute atomic E-state index is 0.175. The minimum atomic E-state index is -4.36. The first kappa shape index (κ1) is 14.1. The standard InChI is InChI=1S/C14H14F3N3O/c15-14(16,17)11-5-3-4-10(8-11)12-9-20(19-18-12)13-6-1-2-7-21-13/h3-5,8-9,13H,1-2,6-7H2. The Bertz CT molecular complexity index is 618. The van der Waals surface area contributed by atoms with Crippen LogP contribution < -0.4 is 0 Å². The quantitative estimate of drug-likeness (QED) is 0.849. The van der Waals surface area contributed by atoms with Crippen LogP contribution >= 0.6 is 0 Å². The molecule has 7 heteroatoms. The average Bonchev–Trinajstić information content (AvgIpc) is 2.97. The number of ether oxygens (including phenoxy) is 1. The number of benzene rings is 1. The molecule has 1 aliphatic heterocycles. The molecule has 21 heavy (non-hydrogen) atoms. The van der Waals surface area contributed by atoms with E-state index < -0.39 is 11.7 Å². The Hall–Kier alpha value is -1.89. The lowest BCUT2D eigenvalue weighted by Gasteiger charge is -2.21. The number of hydrogen-bond donors (Lipinski definition) is 0. The number of rotatable bonds is 2. The van der Waals surface area contributed by atoms with Crippen molar-refractivity contribution in [1.29, 1.82) is 0 Å². The number of halogens is 3. The van der Waals surface area contributed by atoms with Gasteiger partial charge >= 0.3 is 6.18 Å². The van der Waals surface area contributed by atoms with Crippen molar-refractivity contribution in [2.24, 2.45) is 0 Å². The highest BCUT2D eigenvalue weighted by Crippen LogP contribution is 2.32. The van der Waals surface area contributed by atoms with Crippen molar-refractivity contribution < 1.29 is 17.9 Å². The molecule has 0 N–H and O–H groups in total. The summed E-state index contributed by atoms with van der Waals surface area (Å²) in [6, 6.07) is 5.08. The van der Waals surface area contributed by atoms with Crippen molar-refractivity contribution in [2.45, 2.75) is 31.7 Å². The van der Waals surface area contributed by atoms with Gasteiger partial charge in [0.2, 0.25) is 0 Å². The Morgan fingerprint density at radius 2 is 2.10 bits per heavy atom. The number of nitrogens with zero attached hydrogens (tertiary/aromatic N) is 3. The van der Waals surface area contributed by atoms with Gasteiger partial charge in [-0.25, -0.2) is 4.68 Å². The van der Waals surface area contributed by atoms with E-state index in [4.69, 9.17) is 4.74 Å². The van der Waals surface area contributed by atoms with Crippen LogP contribution in [0.25, 0.3) is 11.3 Å². The molecule has 0 radical (unpaired) electrons. The zero-order valence-electron chi connectivity index (χ0n) is 11.2. The molecule has 1 aromatic heterocycles. The first-order chi connectivity index (χ1) is 10.0. The van der Waals surface area contributed by atoms with E-state index >= 15 is 0 Å². The third-order valence-electron chi connectivity index (χ3n) is 3.45. The zero-order chi connectivity index (χ0) is 14.9. The second-order valence-corrected chi connectivity index (χ2v) is 4.98. The summed E-state index contributed by atoms with van der Waals surface area (Å²) in [6.07, 6.45) is -0.00410. The van der Waals surface area contributed by atoms with Gasteiger partial charge in [-0.05, 0) is 31.4 Å². The fourth-order valence-corrected chi connectivity index (χ4v) is 2.34. The highest BCUT2D eigenvalue weighted by atomic mass is 19.4. The lowest BCUT2D eigenvalue weighted by atomic mass is 10.1. The Balaban J connectivity index is 1.86. The first-order valence-electron chi connectivity index (χ1n) is 6.75. The monoisotopic (exact) mass is 297 g/mol. The predicted octanol–water partition coefficient (Wildman–Crippen LogP) is 3.66. The molecule has 1 aliphatic rings. The van der Waals surface area contributed by atoms with E-state index in [2.05, 4.69) is 10.3 Å². The number of alkyl halides is 3.